The summed E-state index contributed by atoms with van der Waals surface area (Å²) in [6.45, 7) is 3.27. The summed E-state index contributed by atoms with van der Waals surface area (Å²) in [4.78, 5) is 25.3. The van der Waals surface area contributed by atoms with Crippen LogP contribution in [-0.2, 0) is 4.79 Å². The standard InChI is InChI=1S/C17H25N3O5.ClH/c1-18(13-17(21)22)14-3-2-9-19(10-8-14)11-12-25-16-6-4-15(5-7-16)20(23)24;/h4-7,14H,2-3,8-13H2,1H3,(H,21,22);1H. The zero-order valence-corrected chi connectivity index (χ0v) is 15.7. The summed E-state index contributed by atoms with van der Waals surface area (Å²) < 4.78 is 5.66. The molecule has 0 aliphatic carbocycles. The number of rotatable bonds is 8. The fourth-order valence-electron chi connectivity index (χ4n) is 3.10. The van der Waals surface area contributed by atoms with Crippen molar-refractivity contribution in [2.24, 2.45) is 0 Å². The lowest BCUT2D eigenvalue weighted by atomic mass is 10.1. The number of nitro groups is 1. The van der Waals surface area contributed by atoms with Gasteiger partial charge in [-0.1, -0.05) is 0 Å². The number of likely N-dealkylation sites (N-methyl/N-ethyl adjacent to an activating group) is 1. The van der Waals surface area contributed by atoms with Crippen molar-refractivity contribution in [1.29, 1.82) is 0 Å². The second-order valence-corrected chi connectivity index (χ2v) is 6.33. The molecule has 9 heteroatoms. The summed E-state index contributed by atoms with van der Waals surface area (Å²) in [6, 6.07) is 6.39. The van der Waals surface area contributed by atoms with Gasteiger partial charge >= 0.3 is 5.97 Å². The topological polar surface area (TPSA) is 96.2 Å². The number of nitrogens with zero attached hydrogens (tertiary/aromatic N) is 3. The molecule has 0 amide bonds. The summed E-state index contributed by atoms with van der Waals surface area (Å²) in [5.41, 5.74) is 0.0522. The van der Waals surface area contributed by atoms with E-state index in [0.717, 1.165) is 38.9 Å². The molecule has 2 rings (SSSR count). The fraction of sp³-hybridized carbons (Fsp3) is 0.588. The smallest absolute Gasteiger partial charge is 0.317 e. The van der Waals surface area contributed by atoms with E-state index in [1.807, 2.05) is 11.9 Å². The Morgan fingerprint density at radius 2 is 2.04 bits per heavy atom. The van der Waals surface area contributed by atoms with Gasteiger partial charge in [0, 0.05) is 24.7 Å². The number of nitro benzene ring substituents is 1. The van der Waals surface area contributed by atoms with Crippen molar-refractivity contribution in [2.75, 3.05) is 39.8 Å². The van der Waals surface area contributed by atoms with Crippen molar-refractivity contribution >= 4 is 24.1 Å². The number of ether oxygens (including phenoxy) is 1. The first-order chi connectivity index (χ1) is 12.0. The number of aliphatic carboxylic acids is 1. The molecule has 1 aliphatic rings. The largest absolute Gasteiger partial charge is 0.492 e. The third-order valence-electron chi connectivity index (χ3n) is 4.52. The Bertz CT molecular complexity index is 584. The van der Waals surface area contributed by atoms with Gasteiger partial charge in [-0.3, -0.25) is 24.7 Å². The van der Waals surface area contributed by atoms with Gasteiger partial charge in [0.15, 0.2) is 0 Å². The Morgan fingerprint density at radius 3 is 2.65 bits per heavy atom. The highest BCUT2D eigenvalue weighted by atomic mass is 35.5. The van der Waals surface area contributed by atoms with Gasteiger partial charge in [-0.25, -0.2) is 0 Å². The predicted octanol–water partition coefficient (Wildman–Crippen LogP) is 2.27. The average Bonchev–Trinajstić information content (AvgIpc) is 2.80. The maximum Gasteiger partial charge on any atom is 0.317 e. The minimum atomic E-state index is -0.792. The van der Waals surface area contributed by atoms with Gasteiger partial charge in [0.2, 0.25) is 0 Å². The monoisotopic (exact) mass is 387 g/mol. The first-order valence-electron chi connectivity index (χ1n) is 8.47. The van der Waals surface area contributed by atoms with E-state index in [0.29, 0.717) is 18.4 Å². The molecule has 1 saturated heterocycles. The van der Waals surface area contributed by atoms with Crippen molar-refractivity contribution in [3.8, 4) is 5.75 Å². The molecular weight excluding hydrogens is 362 g/mol. The molecule has 0 spiro atoms. The van der Waals surface area contributed by atoms with E-state index in [2.05, 4.69) is 4.90 Å². The Kier molecular flexibility index (Phi) is 9.32. The third kappa shape index (κ3) is 7.15. The summed E-state index contributed by atoms with van der Waals surface area (Å²) >= 11 is 0. The number of hydrogen-bond acceptors (Lipinski definition) is 6. The lowest BCUT2D eigenvalue weighted by Crippen LogP contribution is -2.37. The van der Waals surface area contributed by atoms with Gasteiger partial charge in [0.25, 0.3) is 5.69 Å². The van der Waals surface area contributed by atoms with E-state index in [1.165, 1.54) is 12.1 Å². The predicted molar refractivity (Wildman–Crippen MR) is 100 cm³/mol. The minimum Gasteiger partial charge on any atom is -0.492 e. The molecule has 1 atom stereocenters. The van der Waals surface area contributed by atoms with Crippen LogP contribution in [0.5, 0.6) is 5.75 Å². The summed E-state index contributed by atoms with van der Waals surface area (Å²) in [5, 5.41) is 19.5. The Morgan fingerprint density at radius 1 is 1.35 bits per heavy atom. The second-order valence-electron chi connectivity index (χ2n) is 6.33. The van der Waals surface area contributed by atoms with Crippen LogP contribution in [0, 0.1) is 10.1 Å². The van der Waals surface area contributed by atoms with Crippen molar-refractivity contribution in [2.45, 2.75) is 25.3 Å². The van der Waals surface area contributed by atoms with Crippen LogP contribution in [0.25, 0.3) is 0 Å². The van der Waals surface area contributed by atoms with Crippen LogP contribution in [0.4, 0.5) is 5.69 Å². The number of carboxylic acids is 1. The Hall–Kier alpha value is -1.90. The number of carbonyl (C=O) groups is 1. The number of carboxylic acid groups (broad SMARTS) is 1. The molecule has 1 fully saturated rings. The van der Waals surface area contributed by atoms with Crippen LogP contribution >= 0.6 is 12.4 Å². The van der Waals surface area contributed by atoms with E-state index >= 15 is 0 Å². The summed E-state index contributed by atoms with van der Waals surface area (Å²) in [6.07, 6.45) is 2.98. The molecule has 0 saturated carbocycles. The molecule has 26 heavy (non-hydrogen) atoms. The van der Waals surface area contributed by atoms with Gasteiger partial charge in [-0.15, -0.1) is 12.4 Å². The number of likely N-dealkylation sites (tertiary alicyclic amines) is 1. The average molecular weight is 388 g/mol. The molecule has 1 N–H and O–H groups in total. The molecule has 1 unspecified atom stereocenters. The maximum atomic E-state index is 10.8. The van der Waals surface area contributed by atoms with Crippen LogP contribution < -0.4 is 4.74 Å². The van der Waals surface area contributed by atoms with Crippen molar-refractivity contribution in [1.82, 2.24) is 9.80 Å². The van der Waals surface area contributed by atoms with Gasteiger partial charge in [-0.05, 0) is 51.5 Å². The van der Waals surface area contributed by atoms with Crippen molar-refractivity contribution < 1.29 is 19.6 Å². The molecule has 0 bridgehead atoms. The summed E-state index contributed by atoms with van der Waals surface area (Å²) in [7, 11) is 1.87. The molecule has 146 valence electrons. The third-order valence-corrected chi connectivity index (χ3v) is 4.52. The molecule has 1 heterocycles. The summed E-state index contributed by atoms with van der Waals surface area (Å²) in [5.74, 6) is -0.167. The zero-order chi connectivity index (χ0) is 18.2. The van der Waals surface area contributed by atoms with E-state index < -0.39 is 10.9 Å². The van der Waals surface area contributed by atoms with Gasteiger partial charge in [-0.2, -0.15) is 0 Å². The second kappa shape index (κ2) is 10.9. The highest BCUT2D eigenvalue weighted by Gasteiger charge is 2.21. The van der Waals surface area contributed by atoms with E-state index in [1.54, 1.807) is 12.1 Å². The molecule has 0 radical (unpaired) electrons. The van der Waals surface area contributed by atoms with Crippen LogP contribution in [0.15, 0.2) is 24.3 Å². The van der Waals surface area contributed by atoms with Crippen LogP contribution in [0.3, 0.4) is 0 Å². The Balaban J connectivity index is 0.00000338. The fourth-order valence-corrected chi connectivity index (χ4v) is 3.10. The first kappa shape index (κ1) is 22.1. The number of non-ortho nitro benzene ring substituents is 1. The van der Waals surface area contributed by atoms with Gasteiger partial charge < -0.3 is 9.84 Å². The Labute approximate surface area is 159 Å². The van der Waals surface area contributed by atoms with Crippen LogP contribution in [-0.4, -0.2) is 71.7 Å². The molecule has 8 nitrogen and oxygen atoms in total. The minimum absolute atomic E-state index is 0. The normalized spacial score (nSPS) is 18.0. The van der Waals surface area contributed by atoms with Crippen molar-refractivity contribution in [3.05, 3.63) is 34.4 Å². The molecule has 0 aromatic heterocycles. The zero-order valence-electron chi connectivity index (χ0n) is 14.9. The maximum absolute atomic E-state index is 10.8. The quantitative estimate of drug-likeness (QED) is 0.539. The van der Waals surface area contributed by atoms with E-state index in [-0.39, 0.29) is 24.6 Å². The first-order valence-corrected chi connectivity index (χ1v) is 8.47. The van der Waals surface area contributed by atoms with Crippen LogP contribution in [0.1, 0.15) is 19.3 Å². The lowest BCUT2D eigenvalue weighted by Gasteiger charge is -2.25. The van der Waals surface area contributed by atoms with E-state index in [9.17, 15) is 14.9 Å². The lowest BCUT2D eigenvalue weighted by molar-refractivity contribution is -0.384. The van der Waals surface area contributed by atoms with Crippen molar-refractivity contribution in [3.63, 3.8) is 0 Å². The highest BCUT2D eigenvalue weighted by molar-refractivity contribution is 5.85. The van der Waals surface area contributed by atoms with Gasteiger partial charge in [0.05, 0.1) is 11.5 Å². The molecule has 1 aliphatic heterocycles. The SMILES string of the molecule is CN(CC(=O)O)C1CCCN(CCOc2ccc([N+](=O)[O-])cc2)CC1.Cl. The number of benzene rings is 1. The van der Waals surface area contributed by atoms with Crippen LogP contribution in [0.2, 0.25) is 0 Å². The molecule has 1 aromatic rings. The number of hydrogen-bond donors (Lipinski definition) is 1. The van der Waals surface area contributed by atoms with E-state index in [4.69, 9.17) is 9.84 Å². The molecular formula is C17H26ClN3O5. The van der Waals surface area contributed by atoms with Gasteiger partial charge in [0.1, 0.15) is 12.4 Å². The molecule has 1 aromatic carbocycles. The highest BCUT2D eigenvalue weighted by Crippen LogP contribution is 2.18. The number of halogens is 1.